The molecule has 5 nitrogen and oxygen atoms in total. The van der Waals surface area contributed by atoms with E-state index in [4.69, 9.17) is 4.74 Å². The van der Waals surface area contributed by atoms with E-state index in [1.807, 2.05) is 36.7 Å². The third kappa shape index (κ3) is 5.04. The van der Waals surface area contributed by atoms with Gasteiger partial charge in [-0.1, -0.05) is 24.3 Å². The molecule has 1 fully saturated rings. The number of amides is 1. The summed E-state index contributed by atoms with van der Waals surface area (Å²) >= 11 is 0. The van der Waals surface area contributed by atoms with Gasteiger partial charge in [0.25, 0.3) is 5.91 Å². The molecule has 0 atom stereocenters. The Hall–Kier alpha value is -2.66. The number of benzene rings is 1. The van der Waals surface area contributed by atoms with Crippen LogP contribution in [0.5, 0.6) is 5.75 Å². The zero-order valence-corrected chi connectivity index (χ0v) is 16.8. The number of fused-ring (bicyclic) bond motifs is 1. The topological polar surface area (TPSA) is 54.5 Å². The van der Waals surface area contributed by atoms with Crippen molar-refractivity contribution in [2.24, 2.45) is 5.41 Å². The Labute approximate surface area is 172 Å². The van der Waals surface area contributed by atoms with Crippen molar-refractivity contribution in [3.8, 4) is 5.75 Å². The highest BCUT2D eigenvalue weighted by atomic mass is 16.5. The summed E-state index contributed by atoms with van der Waals surface area (Å²) in [4.78, 5) is 19.4. The van der Waals surface area contributed by atoms with E-state index >= 15 is 0 Å². The fraction of sp³-hybridized carbons (Fsp3) is 0.417. The van der Waals surface area contributed by atoms with Crippen LogP contribution in [-0.4, -0.2) is 42.0 Å². The van der Waals surface area contributed by atoms with Crippen LogP contribution < -0.4 is 10.1 Å². The van der Waals surface area contributed by atoms with E-state index < -0.39 is 0 Å². The monoisotopic (exact) mass is 391 g/mol. The van der Waals surface area contributed by atoms with E-state index in [1.54, 1.807) is 0 Å². The molecule has 0 saturated carbocycles. The number of hydrogen-bond acceptors (Lipinski definition) is 4. The molecule has 1 amide bonds. The van der Waals surface area contributed by atoms with Gasteiger partial charge in [0.15, 0.2) is 0 Å². The fourth-order valence-electron chi connectivity index (χ4n) is 4.22. The number of allylic oxidation sites excluding steroid dienone is 1. The Morgan fingerprint density at radius 3 is 2.69 bits per heavy atom. The van der Waals surface area contributed by atoms with E-state index in [1.165, 1.54) is 5.56 Å². The maximum Gasteiger partial charge on any atom is 0.255 e. The van der Waals surface area contributed by atoms with Crippen molar-refractivity contribution in [2.45, 2.75) is 32.2 Å². The van der Waals surface area contributed by atoms with Crippen LogP contribution in [0.25, 0.3) is 0 Å². The summed E-state index contributed by atoms with van der Waals surface area (Å²) in [6.07, 6.45) is 12.2. The standard InChI is InChI=1S/C24H29N3O2/c28-23-21-6-2-3-7-22(21)29-17-5-1-4-10-24(19-26-23)11-15-27(16-12-24)18-20-8-13-25-14-9-20/h1-4,6-9,13-14H,5,10-12,15-19H2,(H,26,28)/b4-1+. The minimum atomic E-state index is -0.0382. The Balaban J connectivity index is 1.43. The number of nitrogens with one attached hydrogen (secondary N) is 1. The van der Waals surface area contributed by atoms with Crippen LogP contribution >= 0.6 is 0 Å². The lowest BCUT2D eigenvalue weighted by Crippen LogP contribution is -2.46. The van der Waals surface area contributed by atoms with Crippen LogP contribution in [0.4, 0.5) is 0 Å². The second-order valence-corrected chi connectivity index (χ2v) is 8.12. The van der Waals surface area contributed by atoms with Crippen LogP contribution in [0.2, 0.25) is 0 Å². The summed E-state index contributed by atoms with van der Waals surface area (Å²) in [5.41, 5.74) is 2.05. The van der Waals surface area contributed by atoms with E-state index in [9.17, 15) is 4.79 Å². The normalized spacial score (nSPS) is 21.2. The largest absolute Gasteiger partial charge is 0.492 e. The molecular weight excluding hydrogens is 362 g/mol. The molecule has 29 heavy (non-hydrogen) atoms. The number of aromatic nitrogens is 1. The smallest absolute Gasteiger partial charge is 0.255 e. The van der Waals surface area contributed by atoms with Gasteiger partial charge in [0.2, 0.25) is 0 Å². The molecule has 1 aromatic heterocycles. The van der Waals surface area contributed by atoms with Gasteiger partial charge in [-0.05, 0) is 74.0 Å². The summed E-state index contributed by atoms with van der Waals surface area (Å²) in [6.45, 7) is 4.35. The third-order valence-electron chi connectivity index (χ3n) is 6.09. The van der Waals surface area contributed by atoms with Gasteiger partial charge in [-0.15, -0.1) is 0 Å². The maximum atomic E-state index is 12.8. The van der Waals surface area contributed by atoms with Crippen molar-refractivity contribution in [1.29, 1.82) is 0 Å². The number of carbonyl (C=O) groups excluding carboxylic acids is 1. The molecule has 2 aromatic rings. The molecule has 1 spiro atoms. The van der Waals surface area contributed by atoms with Gasteiger partial charge in [0.05, 0.1) is 12.2 Å². The molecule has 152 valence electrons. The molecule has 0 aliphatic carbocycles. The number of nitrogens with zero attached hydrogens (tertiary/aromatic N) is 2. The van der Waals surface area contributed by atoms with Crippen LogP contribution in [0.1, 0.15) is 41.6 Å². The molecule has 4 rings (SSSR count). The molecule has 0 unspecified atom stereocenters. The van der Waals surface area contributed by atoms with Gasteiger partial charge in [-0.3, -0.25) is 14.7 Å². The number of pyridine rings is 1. The summed E-state index contributed by atoms with van der Waals surface area (Å²) in [5, 5.41) is 3.20. The average molecular weight is 392 g/mol. The lowest BCUT2D eigenvalue weighted by Gasteiger charge is -2.41. The summed E-state index contributed by atoms with van der Waals surface area (Å²) < 4.78 is 5.82. The second-order valence-electron chi connectivity index (χ2n) is 8.12. The number of rotatable bonds is 2. The quantitative estimate of drug-likeness (QED) is 0.791. The minimum Gasteiger partial charge on any atom is -0.492 e. The van der Waals surface area contributed by atoms with Gasteiger partial charge in [0.1, 0.15) is 5.75 Å². The fourth-order valence-corrected chi connectivity index (χ4v) is 4.22. The van der Waals surface area contributed by atoms with Crippen molar-refractivity contribution in [3.05, 3.63) is 72.1 Å². The molecule has 1 saturated heterocycles. The summed E-state index contributed by atoms with van der Waals surface area (Å²) in [5.74, 6) is 0.629. The third-order valence-corrected chi connectivity index (χ3v) is 6.09. The zero-order chi connectivity index (χ0) is 19.9. The Kier molecular flexibility index (Phi) is 6.25. The van der Waals surface area contributed by atoms with Crippen LogP contribution in [-0.2, 0) is 6.54 Å². The number of likely N-dealkylation sites (tertiary alicyclic amines) is 1. The number of carbonyl (C=O) groups is 1. The molecule has 1 aromatic carbocycles. The van der Waals surface area contributed by atoms with Crippen molar-refractivity contribution in [3.63, 3.8) is 0 Å². The van der Waals surface area contributed by atoms with Gasteiger partial charge >= 0.3 is 0 Å². The van der Waals surface area contributed by atoms with Crippen LogP contribution in [0.3, 0.4) is 0 Å². The molecule has 2 aliphatic rings. The molecule has 2 aliphatic heterocycles. The highest BCUT2D eigenvalue weighted by molar-refractivity contribution is 5.96. The molecule has 1 N–H and O–H groups in total. The first-order valence-electron chi connectivity index (χ1n) is 10.5. The van der Waals surface area contributed by atoms with E-state index in [-0.39, 0.29) is 11.3 Å². The summed E-state index contributed by atoms with van der Waals surface area (Å²) in [7, 11) is 0. The Morgan fingerprint density at radius 2 is 1.86 bits per heavy atom. The zero-order valence-electron chi connectivity index (χ0n) is 16.8. The highest BCUT2D eigenvalue weighted by Gasteiger charge is 2.34. The number of hydrogen-bond donors (Lipinski definition) is 1. The first kappa shape index (κ1) is 19.6. The molecule has 5 heteroatoms. The van der Waals surface area contributed by atoms with Gasteiger partial charge in [-0.2, -0.15) is 0 Å². The van der Waals surface area contributed by atoms with Crippen LogP contribution in [0, 0.1) is 5.41 Å². The minimum absolute atomic E-state index is 0.0382. The van der Waals surface area contributed by atoms with Crippen molar-refractivity contribution < 1.29 is 9.53 Å². The Morgan fingerprint density at radius 1 is 1.07 bits per heavy atom. The molecular formula is C24H29N3O2. The molecule has 3 heterocycles. The summed E-state index contributed by atoms with van der Waals surface area (Å²) in [6, 6.07) is 11.7. The molecule has 0 radical (unpaired) electrons. The van der Waals surface area contributed by atoms with Crippen molar-refractivity contribution in [1.82, 2.24) is 15.2 Å². The van der Waals surface area contributed by atoms with Gasteiger partial charge < -0.3 is 10.1 Å². The van der Waals surface area contributed by atoms with E-state index in [2.05, 4.69) is 39.5 Å². The molecule has 0 bridgehead atoms. The number of ether oxygens (including phenoxy) is 1. The predicted octanol–water partition coefficient (Wildman–Crippen LogP) is 3.82. The van der Waals surface area contributed by atoms with Gasteiger partial charge in [-0.25, -0.2) is 0 Å². The first-order chi connectivity index (χ1) is 14.2. The lowest BCUT2D eigenvalue weighted by molar-refractivity contribution is 0.0811. The van der Waals surface area contributed by atoms with Crippen molar-refractivity contribution >= 4 is 5.91 Å². The van der Waals surface area contributed by atoms with E-state index in [0.29, 0.717) is 24.5 Å². The Bertz CT molecular complexity index is 842. The van der Waals surface area contributed by atoms with Crippen molar-refractivity contribution in [2.75, 3.05) is 26.2 Å². The second kappa shape index (κ2) is 9.23. The number of para-hydroxylation sites is 1. The average Bonchev–Trinajstić information content (AvgIpc) is 2.76. The first-order valence-corrected chi connectivity index (χ1v) is 10.5. The number of piperidine rings is 1. The van der Waals surface area contributed by atoms with E-state index in [0.717, 1.165) is 45.3 Å². The maximum absolute atomic E-state index is 12.8. The lowest BCUT2D eigenvalue weighted by atomic mass is 9.75. The predicted molar refractivity (Wildman–Crippen MR) is 114 cm³/mol. The SMILES string of the molecule is O=C1NCC2(C/C=C/CCOc3ccccc31)CCN(Cc1ccncc1)CC2. The van der Waals surface area contributed by atoms with Gasteiger partial charge in [0, 0.05) is 25.5 Å². The van der Waals surface area contributed by atoms with Crippen LogP contribution in [0.15, 0.2) is 60.9 Å². The highest BCUT2D eigenvalue weighted by Crippen LogP contribution is 2.36.